The van der Waals surface area contributed by atoms with Crippen molar-refractivity contribution in [2.45, 2.75) is 25.5 Å². The molecule has 0 unspecified atom stereocenters. The van der Waals surface area contributed by atoms with Crippen LogP contribution in [0.3, 0.4) is 0 Å². The summed E-state index contributed by atoms with van der Waals surface area (Å²) >= 11 is 5.99. The highest BCUT2D eigenvalue weighted by atomic mass is 35.5. The number of nitrogens with zero attached hydrogens (tertiary/aromatic N) is 1. The van der Waals surface area contributed by atoms with Crippen molar-refractivity contribution in [3.63, 3.8) is 0 Å². The van der Waals surface area contributed by atoms with Crippen molar-refractivity contribution >= 4 is 40.8 Å². The lowest BCUT2D eigenvalue weighted by Gasteiger charge is -2.17. The molecule has 2 atom stereocenters. The quantitative estimate of drug-likeness (QED) is 0.577. The summed E-state index contributed by atoms with van der Waals surface area (Å²) in [5, 5.41) is 8.44. The predicted molar refractivity (Wildman–Crippen MR) is 114 cm³/mol. The number of ether oxygens (including phenoxy) is 2. The smallest absolute Gasteiger partial charge is 0.407 e. The van der Waals surface area contributed by atoms with E-state index in [1.54, 1.807) is 24.3 Å². The molecule has 1 saturated heterocycles. The zero-order chi connectivity index (χ0) is 21.5. The molecule has 1 aliphatic heterocycles. The number of halogens is 1. The Balaban J connectivity index is 1.56. The molecule has 0 bridgehead atoms. The van der Waals surface area contributed by atoms with Crippen molar-refractivity contribution < 1.29 is 19.1 Å². The molecule has 3 rings (SSSR count). The van der Waals surface area contributed by atoms with Crippen molar-refractivity contribution in [3.8, 4) is 0 Å². The number of hydrogen-bond acceptors (Lipinski definition) is 4. The van der Waals surface area contributed by atoms with Gasteiger partial charge < -0.3 is 25.4 Å². The van der Waals surface area contributed by atoms with E-state index in [2.05, 4.69) is 20.8 Å². The third kappa shape index (κ3) is 5.86. The van der Waals surface area contributed by atoms with E-state index >= 15 is 0 Å². The first-order valence-electron chi connectivity index (χ1n) is 9.34. The molecular formula is C21H21ClN4O4. The fourth-order valence-electron chi connectivity index (χ4n) is 2.91. The highest BCUT2D eigenvalue weighted by molar-refractivity contribution is 6.33. The minimum absolute atomic E-state index is 0.216. The van der Waals surface area contributed by atoms with Crippen molar-refractivity contribution in [2.24, 2.45) is 0 Å². The maximum absolute atomic E-state index is 12.3. The third-order valence-electron chi connectivity index (χ3n) is 4.47. The summed E-state index contributed by atoms with van der Waals surface area (Å²) in [6.07, 6.45) is -0.0256. The first-order chi connectivity index (χ1) is 14.4. The molecule has 8 nitrogen and oxygen atoms in total. The molecule has 3 N–H and O–H groups in total. The first-order valence-corrected chi connectivity index (χ1v) is 9.72. The van der Waals surface area contributed by atoms with Crippen LogP contribution in [0.1, 0.15) is 24.9 Å². The fourth-order valence-corrected chi connectivity index (χ4v) is 3.13. The summed E-state index contributed by atoms with van der Waals surface area (Å²) in [5.74, 6) is 0. The molecule has 0 spiro atoms. The summed E-state index contributed by atoms with van der Waals surface area (Å²) < 4.78 is 10.5. The minimum atomic E-state index is -0.506. The van der Waals surface area contributed by atoms with Crippen LogP contribution >= 0.6 is 11.6 Å². The lowest BCUT2D eigenvalue weighted by molar-refractivity contribution is 0.0812. The van der Waals surface area contributed by atoms with Gasteiger partial charge in [0, 0.05) is 22.8 Å². The average molecular weight is 429 g/mol. The van der Waals surface area contributed by atoms with Gasteiger partial charge in [0.25, 0.3) is 0 Å². The Morgan fingerprint density at radius 3 is 2.67 bits per heavy atom. The van der Waals surface area contributed by atoms with Gasteiger partial charge in [-0.2, -0.15) is 0 Å². The summed E-state index contributed by atoms with van der Waals surface area (Å²) in [6.45, 7) is 9.84. The molecule has 0 aliphatic carbocycles. The van der Waals surface area contributed by atoms with Crippen LogP contribution in [-0.4, -0.2) is 31.4 Å². The van der Waals surface area contributed by atoms with Crippen LogP contribution in [-0.2, 0) is 9.47 Å². The Bertz CT molecular complexity index is 970. The van der Waals surface area contributed by atoms with Crippen LogP contribution in [0.5, 0.6) is 0 Å². The SMILES string of the molecule is [C-]#[N+]c1ccc(NC(=O)Nc2cccc([C@H](C)NC(=O)O[C@H]3CCOC3)c2)cc1Cl. The van der Waals surface area contributed by atoms with E-state index in [9.17, 15) is 9.59 Å². The molecule has 1 fully saturated rings. The number of amides is 3. The Kier molecular flexibility index (Phi) is 7.12. The summed E-state index contributed by atoms with van der Waals surface area (Å²) in [4.78, 5) is 27.6. The monoisotopic (exact) mass is 428 g/mol. The Labute approximate surface area is 179 Å². The standard InChI is InChI=1S/C21H21ClN4O4/c1-13(24-21(28)30-17-8-9-29-12-17)14-4-3-5-15(10-14)25-20(27)26-16-6-7-19(23-2)18(22)11-16/h3-7,10-11,13,17H,8-9,12H2,1H3,(H,24,28)(H2,25,26,27)/t13-,17-/m0/s1. The molecule has 3 amide bonds. The van der Waals surface area contributed by atoms with Crippen molar-refractivity contribution in [1.82, 2.24) is 5.32 Å². The number of anilines is 2. The molecule has 2 aromatic rings. The highest BCUT2D eigenvalue weighted by Gasteiger charge is 2.21. The van der Waals surface area contributed by atoms with Gasteiger partial charge in [0.2, 0.25) is 5.69 Å². The predicted octanol–water partition coefficient (Wildman–Crippen LogP) is 5.11. The number of benzene rings is 2. The maximum Gasteiger partial charge on any atom is 0.407 e. The van der Waals surface area contributed by atoms with Crippen LogP contribution in [0, 0.1) is 6.57 Å². The number of nitrogens with one attached hydrogen (secondary N) is 3. The van der Waals surface area contributed by atoms with Gasteiger partial charge in [0.15, 0.2) is 0 Å². The van der Waals surface area contributed by atoms with E-state index in [1.807, 2.05) is 13.0 Å². The molecule has 2 aromatic carbocycles. The normalized spacial score (nSPS) is 16.2. The third-order valence-corrected chi connectivity index (χ3v) is 4.77. The topological polar surface area (TPSA) is 93.1 Å². The number of alkyl carbamates (subject to hydrolysis) is 1. The van der Waals surface area contributed by atoms with Gasteiger partial charge in [-0.15, -0.1) is 0 Å². The Hall–Kier alpha value is -3.28. The van der Waals surface area contributed by atoms with Gasteiger partial charge in [-0.3, -0.25) is 0 Å². The minimum Gasteiger partial charge on any atom is -0.444 e. The van der Waals surface area contributed by atoms with Crippen LogP contribution in [0.25, 0.3) is 4.85 Å². The number of hydrogen-bond donors (Lipinski definition) is 3. The van der Waals surface area contributed by atoms with E-state index in [0.29, 0.717) is 36.7 Å². The number of carbonyl (C=O) groups is 2. The lowest BCUT2D eigenvalue weighted by atomic mass is 10.1. The summed E-state index contributed by atoms with van der Waals surface area (Å²) in [6, 6.07) is 11.0. The van der Waals surface area contributed by atoms with Gasteiger partial charge >= 0.3 is 12.1 Å². The Morgan fingerprint density at radius 1 is 1.23 bits per heavy atom. The first kappa shape index (κ1) is 21.4. The lowest BCUT2D eigenvalue weighted by Crippen LogP contribution is -2.31. The van der Waals surface area contributed by atoms with Crippen LogP contribution in [0.15, 0.2) is 42.5 Å². The van der Waals surface area contributed by atoms with Gasteiger partial charge in [-0.1, -0.05) is 29.8 Å². The molecule has 156 valence electrons. The van der Waals surface area contributed by atoms with Crippen molar-refractivity contribution in [2.75, 3.05) is 23.8 Å². The van der Waals surface area contributed by atoms with E-state index in [1.165, 1.54) is 12.1 Å². The van der Waals surface area contributed by atoms with Gasteiger partial charge in [0.05, 0.1) is 25.8 Å². The van der Waals surface area contributed by atoms with Crippen LogP contribution < -0.4 is 16.0 Å². The van der Waals surface area contributed by atoms with Crippen molar-refractivity contribution in [3.05, 3.63) is 64.5 Å². The molecule has 9 heteroatoms. The second kappa shape index (κ2) is 9.96. The summed E-state index contributed by atoms with van der Waals surface area (Å²) in [7, 11) is 0. The number of rotatable bonds is 5. The zero-order valence-electron chi connectivity index (χ0n) is 16.3. The van der Waals surface area contributed by atoms with Gasteiger partial charge in [-0.25, -0.2) is 14.4 Å². The molecule has 1 heterocycles. The van der Waals surface area contributed by atoms with E-state index < -0.39 is 12.1 Å². The van der Waals surface area contributed by atoms with Crippen LogP contribution in [0.4, 0.5) is 26.7 Å². The average Bonchev–Trinajstić information content (AvgIpc) is 3.21. The van der Waals surface area contributed by atoms with Gasteiger partial charge in [0.1, 0.15) is 6.10 Å². The molecule has 0 aromatic heterocycles. The van der Waals surface area contributed by atoms with Crippen molar-refractivity contribution in [1.29, 1.82) is 0 Å². The Morgan fingerprint density at radius 2 is 2.00 bits per heavy atom. The maximum atomic E-state index is 12.3. The number of urea groups is 1. The fraction of sp³-hybridized carbons (Fsp3) is 0.286. The van der Waals surface area contributed by atoms with Gasteiger partial charge in [-0.05, 0) is 36.8 Å². The molecule has 1 aliphatic rings. The molecule has 0 radical (unpaired) electrons. The molecule has 0 saturated carbocycles. The largest absolute Gasteiger partial charge is 0.444 e. The second-order valence-electron chi connectivity index (χ2n) is 6.74. The van der Waals surface area contributed by atoms with E-state index in [0.717, 1.165) is 5.56 Å². The summed E-state index contributed by atoms with van der Waals surface area (Å²) in [5.41, 5.74) is 2.14. The highest BCUT2D eigenvalue weighted by Crippen LogP contribution is 2.28. The number of carbonyl (C=O) groups excluding carboxylic acids is 2. The second-order valence-corrected chi connectivity index (χ2v) is 7.15. The zero-order valence-corrected chi connectivity index (χ0v) is 17.0. The molecule has 30 heavy (non-hydrogen) atoms. The molecular weight excluding hydrogens is 408 g/mol. The van der Waals surface area contributed by atoms with E-state index in [-0.39, 0.29) is 17.2 Å². The van der Waals surface area contributed by atoms with E-state index in [4.69, 9.17) is 27.6 Å². The van der Waals surface area contributed by atoms with Crippen LogP contribution in [0.2, 0.25) is 5.02 Å².